The van der Waals surface area contributed by atoms with Crippen LogP contribution in [0.1, 0.15) is 12.5 Å². The lowest BCUT2D eigenvalue weighted by Gasteiger charge is -2.34. The maximum atomic E-state index is 12.7. The molecule has 0 radical (unpaired) electrons. The van der Waals surface area contributed by atoms with Gasteiger partial charge in [-0.1, -0.05) is 30.3 Å². The van der Waals surface area contributed by atoms with Crippen LogP contribution in [0, 0.1) is 0 Å². The lowest BCUT2D eigenvalue weighted by Crippen LogP contribution is -2.50. The molecule has 0 bridgehead atoms. The summed E-state index contributed by atoms with van der Waals surface area (Å²) >= 11 is 1.95. The molecule has 2 rings (SSSR count). The number of aliphatic hydroxyl groups is 1. The summed E-state index contributed by atoms with van der Waals surface area (Å²) in [4.78, 5) is 16.8. The topological polar surface area (TPSA) is 43.8 Å². The average Bonchev–Trinajstić information content (AvgIpc) is 2.59. The summed E-state index contributed by atoms with van der Waals surface area (Å²) in [5.41, 5.74) is 1.22. The van der Waals surface area contributed by atoms with Crippen LogP contribution in [0.3, 0.4) is 0 Å². The molecule has 1 unspecified atom stereocenters. The van der Waals surface area contributed by atoms with Crippen molar-refractivity contribution in [1.29, 1.82) is 0 Å². The standard InChI is InChI=1S/C17H26N2O2S/c1-15(18-10-13-22-14-11-18)17(21)19(9-12-20)8-7-16-5-3-2-4-6-16/h2-6,15,20H,7-14H2,1H3. The molecule has 1 N–H and O–H groups in total. The van der Waals surface area contributed by atoms with E-state index in [1.807, 2.05) is 36.9 Å². The first-order valence-electron chi connectivity index (χ1n) is 7.97. The van der Waals surface area contributed by atoms with Gasteiger partial charge in [0.15, 0.2) is 0 Å². The second kappa shape index (κ2) is 9.18. The molecular weight excluding hydrogens is 296 g/mol. The van der Waals surface area contributed by atoms with Gasteiger partial charge in [0.05, 0.1) is 12.6 Å². The highest BCUT2D eigenvalue weighted by Gasteiger charge is 2.26. The Morgan fingerprint density at radius 1 is 1.27 bits per heavy atom. The summed E-state index contributed by atoms with van der Waals surface area (Å²) in [5, 5.41) is 9.26. The largest absolute Gasteiger partial charge is 0.395 e. The molecule has 22 heavy (non-hydrogen) atoms. The Morgan fingerprint density at radius 2 is 1.95 bits per heavy atom. The summed E-state index contributed by atoms with van der Waals surface area (Å²) in [5.74, 6) is 2.33. The number of hydrogen-bond acceptors (Lipinski definition) is 4. The van der Waals surface area contributed by atoms with Gasteiger partial charge >= 0.3 is 0 Å². The van der Waals surface area contributed by atoms with Crippen molar-refractivity contribution in [1.82, 2.24) is 9.80 Å². The van der Waals surface area contributed by atoms with Gasteiger partial charge in [-0.2, -0.15) is 11.8 Å². The van der Waals surface area contributed by atoms with Crippen molar-refractivity contribution >= 4 is 17.7 Å². The first kappa shape index (κ1) is 17.3. The van der Waals surface area contributed by atoms with Crippen LogP contribution in [0.2, 0.25) is 0 Å². The van der Waals surface area contributed by atoms with Gasteiger partial charge in [0.1, 0.15) is 0 Å². The molecule has 5 heteroatoms. The second-order valence-electron chi connectivity index (χ2n) is 5.61. The van der Waals surface area contributed by atoms with Crippen molar-refractivity contribution in [3.63, 3.8) is 0 Å². The van der Waals surface area contributed by atoms with E-state index in [2.05, 4.69) is 17.0 Å². The lowest BCUT2D eigenvalue weighted by atomic mass is 10.1. The third kappa shape index (κ3) is 5.00. The Morgan fingerprint density at radius 3 is 2.59 bits per heavy atom. The molecule has 1 atom stereocenters. The smallest absolute Gasteiger partial charge is 0.239 e. The van der Waals surface area contributed by atoms with E-state index in [9.17, 15) is 9.90 Å². The highest BCUT2D eigenvalue weighted by molar-refractivity contribution is 7.99. The average molecular weight is 322 g/mol. The normalized spacial score (nSPS) is 17.2. The highest BCUT2D eigenvalue weighted by atomic mass is 32.2. The maximum Gasteiger partial charge on any atom is 0.239 e. The minimum absolute atomic E-state index is 0.0170. The fourth-order valence-electron chi connectivity index (χ4n) is 2.75. The monoisotopic (exact) mass is 322 g/mol. The number of aliphatic hydroxyl groups excluding tert-OH is 1. The fourth-order valence-corrected chi connectivity index (χ4v) is 3.68. The molecule has 0 spiro atoms. The van der Waals surface area contributed by atoms with Gasteiger partial charge < -0.3 is 10.0 Å². The Bertz CT molecular complexity index is 449. The minimum Gasteiger partial charge on any atom is -0.395 e. The van der Waals surface area contributed by atoms with Crippen LogP contribution in [0.25, 0.3) is 0 Å². The van der Waals surface area contributed by atoms with E-state index in [0.717, 1.165) is 31.0 Å². The zero-order valence-corrected chi connectivity index (χ0v) is 14.1. The van der Waals surface area contributed by atoms with Crippen LogP contribution in [0.4, 0.5) is 0 Å². The third-order valence-corrected chi connectivity index (χ3v) is 5.09. The molecule has 0 aliphatic carbocycles. The zero-order valence-electron chi connectivity index (χ0n) is 13.3. The quantitative estimate of drug-likeness (QED) is 0.826. The fraction of sp³-hybridized carbons (Fsp3) is 0.588. The summed E-state index contributed by atoms with van der Waals surface area (Å²) in [6, 6.07) is 10.1. The van der Waals surface area contributed by atoms with Gasteiger partial charge in [-0.05, 0) is 18.9 Å². The van der Waals surface area contributed by atoms with E-state index in [0.29, 0.717) is 13.1 Å². The van der Waals surface area contributed by atoms with Gasteiger partial charge in [-0.15, -0.1) is 0 Å². The van der Waals surface area contributed by atoms with Crippen molar-refractivity contribution in [2.24, 2.45) is 0 Å². The van der Waals surface area contributed by atoms with E-state index < -0.39 is 0 Å². The number of thioether (sulfide) groups is 1. The predicted octanol–water partition coefficient (Wildman–Crippen LogP) is 1.49. The van der Waals surface area contributed by atoms with Crippen LogP contribution in [0.5, 0.6) is 0 Å². The first-order valence-corrected chi connectivity index (χ1v) is 9.13. The molecule has 1 aliphatic heterocycles. The summed E-state index contributed by atoms with van der Waals surface area (Å²) in [6.07, 6.45) is 0.829. The molecule has 1 fully saturated rings. The molecule has 1 aliphatic rings. The van der Waals surface area contributed by atoms with Crippen molar-refractivity contribution < 1.29 is 9.90 Å². The molecule has 4 nitrogen and oxygen atoms in total. The molecule has 1 aromatic carbocycles. The first-order chi connectivity index (χ1) is 10.7. The number of amides is 1. The van der Waals surface area contributed by atoms with E-state index >= 15 is 0 Å². The molecular formula is C17H26N2O2S. The Balaban J connectivity index is 1.92. The number of carbonyl (C=O) groups is 1. The molecule has 1 heterocycles. The molecule has 0 saturated carbocycles. The van der Waals surface area contributed by atoms with Crippen LogP contribution in [-0.2, 0) is 11.2 Å². The van der Waals surface area contributed by atoms with Gasteiger partial charge in [0.25, 0.3) is 0 Å². The van der Waals surface area contributed by atoms with E-state index in [1.54, 1.807) is 4.90 Å². The number of hydrogen-bond donors (Lipinski definition) is 1. The van der Waals surface area contributed by atoms with Gasteiger partial charge in [0.2, 0.25) is 5.91 Å². The Hall–Kier alpha value is -1.04. The van der Waals surface area contributed by atoms with Gasteiger partial charge in [0, 0.05) is 37.7 Å². The molecule has 1 amide bonds. The number of benzene rings is 1. The highest BCUT2D eigenvalue weighted by Crippen LogP contribution is 2.14. The molecule has 0 aromatic heterocycles. The minimum atomic E-state index is -0.0942. The second-order valence-corrected chi connectivity index (χ2v) is 6.83. The maximum absolute atomic E-state index is 12.7. The number of nitrogens with zero attached hydrogens (tertiary/aromatic N) is 2. The zero-order chi connectivity index (χ0) is 15.8. The van der Waals surface area contributed by atoms with Crippen LogP contribution < -0.4 is 0 Å². The number of rotatable bonds is 7. The molecule has 122 valence electrons. The van der Waals surface area contributed by atoms with E-state index in [4.69, 9.17) is 0 Å². The Kier molecular flexibility index (Phi) is 7.22. The van der Waals surface area contributed by atoms with Crippen LogP contribution in [-0.4, -0.2) is 71.1 Å². The third-order valence-electron chi connectivity index (χ3n) is 4.15. The molecule has 1 saturated heterocycles. The lowest BCUT2D eigenvalue weighted by molar-refractivity contribution is -0.136. The van der Waals surface area contributed by atoms with Crippen molar-refractivity contribution in [2.45, 2.75) is 19.4 Å². The Labute approximate surface area is 137 Å². The number of carbonyl (C=O) groups excluding carboxylic acids is 1. The van der Waals surface area contributed by atoms with E-state index in [1.165, 1.54) is 5.56 Å². The summed E-state index contributed by atoms with van der Waals surface area (Å²) < 4.78 is 0. The van der Waals surface area contributed by atoms with Gasteiger partial charge in [-0.25, -0.2) is 0 Å². The molecule has 1 aromatic rings. The van der Waals surface area contributed by atoms with Crippen molar-refractivity contribution in [3.05, 3.63) is 35.9 Å². The predicted molar refractivity (Wildman–Crippen MR) is 92.2 cm³/mol. The summed E-state index contributed by atoms with van der Waals surface area (Å²) in [7, 11) is 0. The van der Waals surface area contributed by atoms with Crippen molar-refractivity contribution in [2.75, 3.05) is 44.3 Å². The van der Waals surface area contributed by atoms with Crippen LogP contribution in [0.15, 0.2) is 30.3 Å². The van der Waals surface area contributed by atoms with Gasteiger partial charge in [-0.3, -0.25) is 9.69 Å². The van der Waals surface area contributed by atoms with Crippen LogP contribution >= 0.6 is 11.8 Å². The SMILES string of the molecule is CC(C(=O)N(CCO)CCc1ccccc1)N1CCSCC1. The van der Waals surface area contributed by atoms with E-state index in [-0.39, 0.29) is 18.6 Å². The summed E-state index contributed by atoms with van der Waals surface area (Å²) in [6.45, 7) is 5.04. The van der Waals surface area contributed by atoms with Crippen molar-refractivity contribution in [3.8, 4) is 0 Å².